The molecule has 6 nitrogen and oxygen atoms in total. The Balaban J connectivity index is 2.05. The number of hydrogen-bond acceptors (Lipinski definition) is 5. The van der Waals surface area contributed by atoms with Gasteiger partial charge in [0.05, 0.1) is 23.5 Å². The van der Waals surface area contributed by atoms with Gasteiger partial charge in [0.2, 0.25) is 5.82 Å². The number of rotatable bonds is 3. The van der Waals surface area contributed by atoms with Gasteiger partial charge in [-0.05, 0) is 37.6 Å². The van der Waals surface area contributed by atoms with Crippen molar-refractivity contribution in [2.24, 2.45) is 0 Å². The van der Waals surface area contributed by atoms with Crippen molar-refractivity contribution in [1.82, 2.24) is 30.0 Å². The lowest BCUT2D eigenvalue weighted by Crippen LogP contribution is -2.04. The Kier molecular flexibility index (Phi) is 3.50. The number of aryl methyl sites for hydroxylation is 1. The van der Waals surface area contributed by atoms with E-state index in [1.165, 1.54) is 0 Å². The standard InChI is InChI=1S/C14H16N6S/c1-9(2)20-17-13(16-18-20)11-8-15-19(14(11)21)12-7-5-4-6-10(12)3/h4-9,21H,1-3H3. The molecule has 7 heteroatoms. The van der Waals surface area contributed by atoms with Crippen LogP contribution >= 0.6 is 12.6 Å². The van der Waals surface area contributed by atoms with Gasteiger partial charge in [-0.3, -0.25) is 0 Å². The molecule has 3 aromatic rings. The first-order valence-corrected chi connectivity index (χ1v) is 7.15. The molecule has 0 saturated carbocycles. The zero-order chi connectivity index (χ0) is 15.0. The summed E-state index contributed by atoms with van der Waals surface area (Å²) in [5.74, 6) is 0.536. The molecule has 21 heavy (non-hydrogen) atoms. The number of benzene rings is 1. The topological polar surface area (TPSA) is 61.4 Å². The first-order valence-electron chi connectivity index (χ1n) is 6.71. The summed E-state index contributed by atoms with van der Waals surface area (Å²) >= 11 is 4.58. The van der Waals surface area contributed by atoms with Crippen LogP contribution in [0.3, 0.4) is 0 Å². The van der Waals surface area contributed by atoms with Crippen molar-refractivity contribution in [3.8, 4) is 17.1 Å². The summed E-state index contributed by atoms with van der Waals surface area (Å²) in [4.78, 5) is 1.58. The Labute approximate surface area is 128 Å². The molecule has 2 heterocycles. The predicted octanol–water partition coefficient (Wildman–Crippen LogP) is 2.70. The molecule has 0 bridgehead atoms. The minimum atomic E-state index is 0.168. The molecular formula is C14H16N6S. The van der Waals surface area contributed by atoms with Gasteiger partial charge in [0.15, 0.2) is 0 Å². The molecule has 3 rings (SSSR count). The van der Waals surface area contributed by atoms with Crippen LogP contribution in [0.5, 0.6) is 0 Å². The van der Waals surface area contributed by atoms with Crippen molar-refractivity contribution in [2.75, 3.05) is 0 Å². The molecule has 0 atom stereocenters. The van der Waals surface area contributed by atoms with Crippen LogP contribution in [0.2, 0.25) is 0 Å². The fourth-order valence-electron chi connectivity index (χ4n) is 2.03. The normalized spacial score (nSPS) is 11.3. The third-order valence-corrected chi connectivity index (χ3v) is 3.65. The van der Waals surface area contributed by atoms with E-state index in [1.54, 1.807) is 15.7 Å². The first kappa shape index (κ1) is 13.8. The molecule has 108 valence electrons. The summed E-state index contributed by atoms with van der Waals surface area (Å²) < 4.78 is 1.78. The van der Waals surface area contributed by atoms with Gasteiger partial charge < -0.3 is 0 Å². The smallest absolute Gasteiger partial charge is 0.209 e. The average molecular weight is 300 g/mol. The van der Waals surface area contributed by atoms with Crippen molar-refractivity contribution in [2.45, 2.75) is 31.8 Å². The third-order valence-electron chi connectivity index (χ3n) is 3.22. The molecule has 0 aliphatic carbocycles. The molecule has 0 fully saturated rings. The van der Waals surface area contributed by atoms with Crippen LogP contribution in [-0.2, 0) is 0 Å². The number of aromatic nitrogens is 6. The van der Waals surface area contributed by atoms with Gasteiger partial charge in [-0.15, -0.1) is 22.8 Å². The van der Waals surface area contributed by atoms with E-state index in [4.69, 9.17) is 0 Å². The highest BCUT2D eigenvalue weighted by Crippen LogP contribution is 2.26. The lowest BCUT2D eigenvalue weighted by Gasteiger charge is -2.07. The monoisotopic (exact) mass is 300 g/mol. The summed E-state index contributed by atoms with van der Waals surface area (Å²) in [5, 5.41) is 17.6. The molecule has 2 aromatic heterocycles. The zero-order valence-corrected chi connectivity index (χ0v) is 13.0. The van der Waals surface area contributed by atoms with E-state index < -0.39 is 0 Å². The van der Waals surface area contributed by atoms with E-state index in [-0.39, 0.29) is 6.04 Å². The largest absolute Gasteiger partial charge is 0.226 e. The van der Waals surface area contributed by atoms with Crippen LogP contribution in [0, 0.1) is 6.92 Å². The molecule has 0 aliphatic rings. The van der Waals surface area contributed by atoms with E-state index in [0.29, 0.717) is 10.9 Å². The minimum absolute atomic E-state index is 0.168. The second-order valence-electron chi connectivity index (χ2n) is 5.11. The average Bonchev–Trinajstić information content (AvgIpc) is 3.06. The molecule has 0 saturated heterocycles. The Morgan fingerprint density at radius 1 is 1.19 bits per heavy atom. The maximum Gasteiger partial charge on any atom is 0.209 e. The van der Waals surface area contributed by atoms with E-state index in [9.17, 15) is 0 Å². The van der Waals surface area contributed by atoms with Crippen LogP contribution in [-0.4, -0.2) is 30.0 Å². The second-order valence-corrected chi connectivity index (χ2v) is 5.53. The third kappa shape index (κ3) is 2.44. The SMILES string of the molecule is Cc1ccccc1-n1ncc(-c2nnn(C(C)C)n2)c1S. The summed E-state index contributed by atoms with van der Waals surface area (Å²) in [5.41, 5.74) is 2.89. The van der Waals surface area contributed by atoms with Gasteiger partial charge in [-0.25, -0.2) is 4.68 Å². The molecule has 0 aliphatic heterocycles. The molecule has 0 unspecified atom stereocenters. The van der Waals surface area contributed by atoms with Crippen molar-refractivity contribution in [3.63, 3.8) is 0 Å². The number of thiol groups is 1. The fraction of sp³-hybridized carbons (Fsp3) is 0.286. The number of nitrogens with zero attached hydrogens (tertiary/aromatic N) is 6. The van der Waals surface area contributed by atoms with Crippen molar-refractivity contribution in [3.05, 3.63) is 36.0 Å². The first-order chi connectivity index (χ1) is 10.1. The van der Waals surface area contributed by atoms with Gasteiger partial charge in [0, 0.05) is 0 Å². The van der Waals surface area contributed by atoms with Crippen LogP contribution in [0.25, 0.3) is 17.1 Å². The number of tetrazole rings is 1. The van der Waals surface area contributed by atoms with Crippen LogP contribution in [0.4, 0.5) is 0 Å². The maximum absolute atomic E-state index is 4.58. The Bertz CT molecular complexity index is 773. The Hall–Kier alpha value is -2.15. The van der Waals surface area contributed by atoms with Gasteiger partial charge >= 0.3 is 0 Å². The Morgan fingerprint density at radius 2 is 1.95 bits per heavy atom. The zero-order valence-electron chi connectivity index (χ0n) is 12.1. The highest BCUT2D eigenvalue weighted by Gasteiger charge is 2.16. The molecule has 0 radical (unpaired) electrons. The van der Waals surface area contributed by atoms with Gasteiger partial charge in [0.25, 0.3) is 0 Å². The van der Waals surface area contributed by atoms with E-state index >= 15 is 0 Å². The quantitative estimate of drug-likeness (QED) is 0.756. The van der Waals surface area contributed by atoms with Gasteiger partial charge in [-0.1, -0.05) is 18.2 Å². The van der Waals surface area contributed by atoms with Gasteiger partial charge in [0.1, 0.15) is 5.03 Å². The predicted molar refractivity (Wildman–Crippen MR) is 82.7 cm³/mol. The molecule has 0 spiro atoms. The summed E-state index contributed by atoms with van der Waals surface area (Å²) in [6.07, 6.45) is 1.72. The highest BCUT2D eigenvalue weighted by molar-refractivity contribution is 7.80. The molecule has 0 amide bonds. The van der Waals surface area contributed by atoms with Crippen LogP contribution < -0.4 is 0 Å². The second kappa shape index (κ2) is 5.33. The maximum atomic E-state index is 4.58. The lowest BCUT2D eigenvalue weighted by atomic mass is 10.2. The minimum Gasteiger partial charge on any atom is -0.226 e. The molecule has 0 N–H and O–H groups in total. The lowest BCUT2D eigenvalue weighted by molar-refractivity contribution is 0.455. The van der Waals surface area contributed by atoms with E-state index in [0.717, 1.165) is 16.8 Å². The highest BCUT2D eigenvalue weighted by atomic mass is 32.1. The number of hydrogen-bond donors (Lipinski definition) is 1. The van der Waals surface area contributed by atoms with Gasteiger partial charge in [-0.2, -0.15) is 9.90 Å². The van der Waals surface area contributed by atoms with Crippen molar-refractivity contribution in [1.29, 1.82) is 0 Å². The summed E-state index contributed by atoms with van der Waals surface area (Å²) in [7, 11) is 0. The fourth-order valence-corrected chi connectivity index (χ4v) is 2.35. The summed E-state index contributed by atoms with van der Waals surface area (Å²) in [6, 6.07) is 8.18. The van der Waals surface area contributed by atoms with Crippen molar-refractivity contribution >= 4 is 12.6 Å². The summed E-state index contributed by atoms with van der Waals surface area (Å²) in [6.45, 7) is 6.05. The molecular weight excluding hydrogens is 284 g/mol. The van der Waals surface area contributed by atoms with E-state index in [2.05, 4.69) is 33.1 Å². The molecule has 1 aromatic carbocycles. The number of para-hydroxylation sites is 1. The van der Waals surface area contributed by atoms with Crippen molar-refractivity contribution < 1.29 is 0 Å². The van der Waals surface area contributed by atoms with Crippen LogP contribution in [0.15, 0.2) is 35.5 Å². The Morgan fingerprint density at radius 3 is 2.62 bits per heavy atom. The van der Waals surface area contributed by atoms with Crippen LogP contribution in [0.1, 0.15) is 25.5 Å². The van der Waals surface area contributed by atoms with E-state index in [1.807, 2.05) is 45.0 Å².